The monoisotopic (exact) mass is 512 g/mol. The van der Waals surface area contributed by atoms with Crippen LogP contribution in [0.2, 0.25) is 0 Å². The van der Waals surface area contributed by atoms with Crippen LogP contribution >= 0.6 is 0 Å². The van der Waals surface area contributed by atoms with Crippen LogP contribution in [0.5, 0.6) is 11.5 Å². The van der Waals surface area contributed by atoms with Gasteiger partial charge in [-0.2, -0.15) is 5.10 Å². The molecule has 1 saturated heterocycles. The van der Waals surface area contributed by atoms with Crippen molar-refractivity contribution in [1.29, 1.82) is 0 Å². The highest BCUT2D eigenvalue weighted by Crippen LogP contribution is 2.40. The van der Waals surface area contributed by atoms with Crippen molar-refractivity contribution >= 4 is 17.2 Å². The van der Waals surface area contributed by atoms with Crippen molar-refractivity contribution in [2.24, 2.45) is 0 Å². The van der Waals surface area contributed by atoms with E-state index in [4.69, 9.17) is 14.6 Å². The van der Waals surface area contributed by atoms with Gasteiger partial charge in [-0.1, -0.05) is 12.1 Å². The number of pyridine rings is 2. The van der Waals surface area contributed by atoms with Gasteiger partial charge in [0.05, 0.1) is 31.6 Å². The quantitative estimate of drug-likeness (QED) is 0.324. The van der Waals surface area contributed by atoms with Crippen molar-refractivity contribution in [2.75, 3.05) is 36.5 Å². The molecule has 4 heterocycles. The fraction of sp³-hybridized carbons (Fsp3) is 0.345. The maximum absolute atomic E-state index is 9.68. The lowest BCUT2D eigenvalue weighted by Gasteiger charge is -2.28. The molecule has 4 aromatic rings. The smallest absolute Gasteiger partial charge is 0.173 e. The molecule has 1 aliphatic carbocycles. The number of benzene rings is 1. The Morgan fingerprint density at radius 2 is 1.84 bits per heavy atom. The van der Waals surface area contributed by atoms with Crippen LogP contribution in [0.1, 0.15) is 31.5 Å². The van der Waals surface area contributed by atoms with Crippen LogP contribution in [0.4, 0.5) is 17.2 Å². The molecule has 6 rings (SSSR count). The van der Waals surface area contributed by atoms with E-state index in [1.54, 1.807) is 19.3 Å². The first-order valence-electron chi connectivity index (χ1n) is 13.2. The fourth-order valence-corrected chi connectivity index (χ4v) is 4.62. The molecule has 1 aliphatic heterocycles. The van der Waals surface area contributed by atoms with Gasteiger partial charge in [-0.3, -0.25) is 9.67 Å². The Bertz CT molecular complexity index is 1380. The molecule has 0 radical (unpaired) electrons. The summed E-state index contributed by atoms with van der Waals surface area (Å²) < 4.78 is 13.9. The topological polar surface area (TPSA) is 97.6 Å². The SMILES string of the molecule is CC(O)Cc1cc(Nc2cc(Oc3cn(C4CC4)nc3-c3ccc(N4CCOCC4)cc3)ccn2)ccn1. The highest BCUT2D eigenvalue weighted by molar-refractivity contribution is 5.69. The molecular weight excluding hydrogens is 480 g/mol. The number of anilines is 3. The van der Waals surface area contributed by atoms with E-state index < -0.39 is 6.10 Å². The van der Waals surface area contributed by atoms with Crippen LogP contribution in [-0.4, -0.2) is 57.3 Å². The van der Waals surface area contributed by atoms with Gasteiger partial charge in [0.25, 0.3) is 0 Å². The number of morpholine rings is 1. The molecule has 2 aliphatic rings. The van der Waals surface area contributed by atoms with E-state index >= 15 is 0 Å². The van der Waals surface area contributed by atoms with Crippen LogP contribution in [0, 0.1) is 0 Å². The maximum atomic E-state index is 9.68. The van der Waals surface area contributed by atoms with E-state index in [-0.39, 0.29) is 0 Å². The normalized spacial score (nSPS) is 16.3. The Morgan fingerprint density at radius 1 is 1.05 bits per heavy atom. The summed E-state index contributed by atoms with van der Waals surface area (Å²) >= 11 is 0. The fourth-order valence-electron chi connectivity index (χ4n) is 4.62. The molecule has 0 spiro atoms. The van der Waals surface area contributed by atoms with E-state index in [9.17, 15) is 5.11 Å². The Balaban J connectivity index is 1.22. The Hall–Kier alpha value is -3.95. The van der Waals surface area contributed by atoms with Gasteiger partial charge in [-0.15, -0.1) is 0 Å². The van der Waals surface area contributed by atoms with Crippen molar-refractivity contribution in [3.8, 4) is 22.8 Å². The predicted octanol–water partition coefficient (Wildman–Crippen LogP) is 4.97. The first kappa shape index (κ1) is 24.4. The van der Waals surface area contributed by atoms with Crippen LogP contribution < -0.4 is 15.0 Å². The molecule has 9 nitrogen and oxygen atoms in total. The summed E-state index contributed by atoms with van der Waals surface area (Å²) in [7, 11) is 0. The average Bonchev–Trinajstić information content (AvgIpc) is 3.70. The van der Waals surface area contributed by atoms with E-state index in [1.807, 2.05) is 35.1 Å². The number of hydrogen-bond acceptors (Lipinski definition) is 8. The van der Waals surface area contributed by atoms with Crippen molar-refractivity contribution < 1.29 is 14.6 Å². The van der Waals surface area contributed by atoms with Gasteiger partial charge in [-0.05, 0) is 50.1 Å². The van der Waals surface area contributed by atoms with E-state index in [0.717, 1.165) is 67.5 Å². The Labute approximate surface area is 222 Å². The molecule has 9 heteroatoms. The number of nitrogens with one attached hydrogen (secondary N) is 1. The molecule has 1 atom stereocenters. The first-order chi connectivity index (χ1) is 18.6. The molecule has 2 fully saturated rings. The van der Waals surface area contributed by atoms with Gasteiger partial charge < -0.3 is 24.8 Å². The number of rotatable bonds is 9. The lowest BCUT2D eigenvalue weighted by Crippen LogP contribution is -2.36. The highest BCUT2D eigenvalue weighted by Gasteiger charge is 2.27. The maximum Gasteiger partial charge on any atom is 0.173 e. The standard InChI is InChI=1S/C29H32N6O3/c1-20(36)16-23-17-22(8-10-30-23)32-28-18-26(9-11-31-28)38-27-19-35(25-6-7-25)33-29(27)21-2-4-24(5-3-21)34-12-14-37-15-13-34/h2-5,8-11,17-20,25,36H,6-7,12-16H2,1H3,(H,30,31,32). The lowest BCUT2D eigenvalue weighted by atomic mass is 10.1. The molecule has 3 aromatic heterocycles. The number of hydrogen-bond donors (Lipinski definition) is 2. The van der Waals surface area contributed by atoms with Crippen LogP contribution in [-0.2, 0) is 11.2 Å². The second-order valence-electron chi connectivity index (χ2n) is 9.89. The molecular formula is C29H32N6O3. The van der Waals surface area contributed by atoms with Gasteiger partial charge in [0, 0.05) is 60.6 Å². The third kappa shape index (κ3) is 5.79. The zero-order chi connectivity index (χ0) is 25.9. The summed E-state index contributed by atoms with van der Waals surface area (Å²) in [6.07, 6.45) is 7.77. The van der Waals surface area contributed by atoms with Crippen LogP contribution in [0.15, 0.2) is 67.1 Å². The van der Waals surface area contributed by atoms with Gasteiger partial charge in [0.2, 0.25) is 0 Å². The van der Waals surface area contributed by atoms with E-state index in [2.05, 4.69) is 44.5 Å². The van der Waals surface area contributed by atoms with Crippen LogP contribution in [0.25, 0.3) is 11.3 Å². The molecule has 1 saturated carbocycles. The van der Waals surface area contributed by atoms with Gasteiger partial charge in [0.1, 0.15) is 17.3 Å². The van der Waals surface area contributed by atoms with Crippen molar-refractivity contribution in [3.05, 3.63) is 72.8 Å². The minimum atomic E-state index is -0.450. The number of nitrogens with zero attached hydrogens (tertiary/aromatic N) is 5. The van der Waals surface area contributed by atoms with Crippen molar-refractivity contribution in [2.45, 2.75) is 38.3 Å². The van der Waals surface area contributed by atoms with Crippen molar-refractivity contribution in [3.63, 3.8) is 0 Å². The summed E-state index contributed by atoms with van der Waals surface area (Å²) in [6, 6.07) is 16.5. The molecule has 1 aromatic carbocycles. The third-order valence-electron chi connectivity index (χ3n) is 6.69. The zero-order valence-electron chi connectivity index (χ0n) is 21.5. The van der Waals surface area contributed by atoms with Crippen LogP contribution in [0.3, 0.4) is 0 Å². The summed E-state index contributed by atoms with van der Waals surface area (Å²) in [4.78, 5) is 11.1. The van der Waals surface area contributed by atoms with Gasteiger partial charge in [-0.25, -0.2) is 4.98 Å². The molecule has 1 unspecified atom stereocenters. The first-order valence-corrected chi connectivity index (χ1v) is 13.2. The largest absolute Gasteiger partial charge is 0.453 e. The minimum absolute atomic E-state index is 0.441. The van der Waals surface area contributed by atoms with E-state index in [1.165, 1.54) is 5.69 Å². The average molecular weight is 513 g/mol. The number of aliphatic hydroxyl groups is 1. The highest BCUT2D eigenvalue weighted by atomic mass is 16.5. The molecule has 0 amide bonds. The number of ether oxygens (including phenoxy) is 2. The van der Waals surface area contributed by atoms with Crippen molar-refractivity contribution in [1.82, 2.24) is 19.7 Å². The Morgan fingerprint density at radius 3 is 2.61 bits per heavy atom. The minimum Gasteiger partial charge on any atom is -0.453 e. The summed E-state index contributed by atoms with van der Waals surface area (Å²) in [5, 5.41) is 17.9. The Kier molecular flexibility index (Phi) is 6.94. The second kappa shape index (κ2) is 10.8. The number of aliphatic hydroxyl groups excluding tert-OH is 1. The van der Waals surface area contributed by atoms with Gasteiger partial charge in [0.15, 0.2) is 5.75 Å². The lowest BCUT2D eigenvalue weighted by molar-refractivity contribution is 0.122. The third-order valence-corrected chi connectivity index (χ3v) is 6.69. The second-order valence-corrected chi connectivity index (χ2v) is 9.89. The number of aromatic nitrogens is 4. The molecule has 38 heavy (non-hydrogen) atoms. The van der Waals surface area contributed by atoms with E-state index in [0.29, 0.717) is 24.0 Å². The molecule has 0 bridgehead atoms. The summed E-state index contributed by atoms with van der Waals surface area (Å²) in [6.45, 7) is 5.09. The van der Waals surface area contributed by atoms with Gasteiger partial charge >= 0.3 is 0 Å². The predicted molar refractivity (Wildman–Crippen MR) is 146 cm³/mol. The molecule has 196 valence electrons. The summed E-state index contributed by atoms with van der Waals surface area (Å²) in [5.41, 5.74) is 4.70. The summed E-state index contributed by atoms with van der Waals surface area (Å²) in [5.74, 6) is 2.04. The molecule has 2 N–H and O–H groups in total. The zero-order valence-corrected chi connectivity index (χ0v) is 21.5.